The van der Waals surface area contributed by atoms with E-state index in [0.717, 1.165) is 0 Å². The second-order valence-corrected chi connectivity index (χ2v) is 32.5. The van der Waals surface area contributed by atoms with E-state index in [1.54, 1.807) is 0 Å². The zero-order chi connectivity index (χ0) is 67.1. The Hall–Kier alpha value is -0.260. The van der Waals surface area contributed by atoms with Crippen LogP contribution in [-0.4, -0.2) is 0 Å². The van der Waals surface area contributed by atoms with Crippen LogP contribution in [0, 0.1) is 0 Å². The molecule has 0 aromatic heterocycles. The van der Waals surface area contributed by atoms with Gasteiger partial charge in [0.1, 0.15) is 0 Å². The highest BCUT2D eigenvalue weighted by Gasteiger charge is 2.03. The summed E-state index contributed by atoms with van der Waals surface area (Å²) in [5.41, 5.74) is 0. The third kappa shape index (κ3) is 91.7. The predicted octanol–water partition coefficient (Wildman–Crippen LogP) is 36.7. The number of unbranched alkanes of at least 4 members (excludes halogenated alkanes) is 90. The summed E-state index contributed by atoms with van der Waals surface area (Å²) >= 11 is 0. The Balaban J connectivity index is 3.09. The SMILES string of the molecule is C=CCCCCCCCCCCCCCCCCCCCCCCCCCCCCCCCCCCCCCCCCCCCCCCCCCCCCCCCCCCCCCCCCCCCCCCCCCCCCCCCCCCCCCCCCCCCC. The summed E-state index contributed by atoms with van der Waals surface area (Å²) in [5, 5.41) is 0. The molecule has 0 saturated heterocycles. The van der Waals surface area contributed by atoms with Gasteiger partial charge in [0, 0.05) is 0 Å². The van der Waals surface area contributed by atoms with Gasteiger partial charge in [0.25, 0.3) is 0 Å². The van der Waals surface area contributed by atoms with E-state index in [4.69, 9.17) is 0 Å². The maximum Gasteiger partial charge on any atom is -0.0353 e. The molecule has 0 radical (unpaired) electrons. The van der Waals surface area contributed by atoms with Crippen LogP contribution in [0.15, 0.2) is 12.7 Å². The molecule has 0 bridgehead atoms. The highest BCUT2D eigenvalue weighted by molar-refractivity contribution is 4.66. The van der Waals surface area contributed by atoms with Gasteiger partial charge in [0.2, 0.25) is 0 Å². The molecular weight excluding hydrogens is 1130 g/mol. The summed E-state index contributed by atoms with van der Waals surface area (Å²) < 4.78 is 0. The van der Waals surface area contributed by atoms with Crippen molar-refractivity contribution in [2.75, 3.05) is 0 Å². The van der Waals surface area contributed by atoms with Crippen molar-refractivity contribution in [2.24, 2.45) is 0 Å². The Kier molecular flexibility index (Phi) is 92.5. The minimum absolute atomic E-state index is 1.21. The van der Waals surface area contributed by atoms with Crippen molar-refractivity contribution < 1.29 is 0 Å². The van der Waals surface area contributed by atoms with E-state index in [-0.39, 0.29) is 0 Å². The Bertz CT molecular complexity index is 1230. The lowest BCUT2D eigenvalue weighted by atomic mass is 10.0. The highest BCUT2D eigenvalue weighted by atomic mass is 14.1. The first-order valence-electron chi connectivity index (χ1n) is 46.5. The molecule has 0 heteroatoms. The fraction of sp³-hybridized carbons (Fsp3) is 0.979. The summed E-state index contributed by atoms with van der Waals surface area (Å²) in [6.45, 7) is 6.14. The van der Waals surface area contributed by atoms with Crippen molar-refractivity contribution in [3.63, 3.8) is 0 Å². The third-order valence-corrected chi connectivity index (χ3v) is 22.8. The number of rotatable bonds is 91. The molecule has 0 unspecified atom stereocenters. The molecule has 0 heterocycles. The minimum Gasteiger partial charge on any atom is -0.103 e. The third-order valence-electron chi connectivity index (χ3n) is 22.8. The van der Waals surface area contributed by atoms with Crippen molar-refractivity contribution in [1.82, 2.24) is 0 Å². The second kappa shape index (κ2) is 92.7. The van der Waals surface area contributed by atoms with Gasteiger partial charge in [-0.2, -0.15) is 0 Å². The van der Waals surface area contributed by atoms with Crippen molar-refractivity contribution in [3.05, 3.63) is 12.7 Å². The van der Waals surface area contributed by atoms with Crippen molar-refractivity contribution >= 4 is 0 Å². The van der Waals surface area contributed by atoms with Crippen LogP contribution in [0.3, 0.4) is 0 Å². The molecule has 0 aliphatic rings. The average Bonchev–Trinajstić information content (AvgIpc) is 3.59. The largest absolute Gasteiger partial charge is 0.103 e. The maximum atomic E-state index is 3.83. The van der Waals surface area contributed by atoms with Crippen LogP contribution in [0.25, 0.3) is 0 Å². The Labute approximate surface area is 600 Å². The van der Waals surface area contributed by atoms with Crippen molar-refractivity contribution in [3.8, 4) is 0 Å². The predicted molar refractivity (Wildman–Crippen MR) is 436 cm³/mol. The highest BCUT2D eigenvalue weighted by Crippen LogP contribution is 2.23. The Morgan fingerprint density at radius 1 is 0.106 bits per heavy atom. The van der Waals surface area contributed by atoms with Gasteiger partial charge in [-0.15, -0.1) is 6.58 Å². The molecule has 0 aliphatic carbocycles. The number of allylic oxidation sites excluding steroid dienone is 1. The number of hydrogen-bond donors (Lipinski definition) is 0. The first-order valence-corrected chi connectivity index (χ1v) is 46.5. The lowest BCUT2D eigenvalue weighted by molar-refractivity contribution is 0.505. The van der Waals surface area contributed by atoms with Crippen LogP contribution in [-0.2, 0) is 0 Å². The topological polar surface area (TPSA) is 0 Å². The quantitative estimate of drug-likeness (QED) is 0.0421. The molecule has 0 fully saturated rings. The molecule has 0 amide bonds. The summed E-state index contributed by atoms with van der Waals surface area (Å²) in [6, 6.07) is 0. The van der Waals surface area contributed by atoms with Crippen LogP contribution in [0.1, 0.15) is 591 Å². The smallest absolute Gasteiger partial charge is 0.0353 e. The summed E-state index contributed by atoms with van der Waals surface area (Å²) in [6.07, 6.45) is 137. The van der Waals surface area contributed by atoms with Gasteiger partial charge >= 0.3 is 0 Å². The lowest BCUT2D eigenvalue weighted by Gasteiger charge is -2.05. The molecule has 0 aromatic rings. The summed E-state index contributed by atoms with van der Waals surface area (Å²) in [5.74, 6) is 0. The van der Waals surface area contributed by atoms with Gasteiger partial charge in [-0.3, -0.25) is 0 Å². The molecule has 94 heavy (non-hydrogen) atoms. The zero-order valence-electron chi connectivity index (χ0n) is 66.6. The van der Waals surface area contributed by atoms with Gasteiger partial charge in [-0.1, -0.05) is 584 Å². The second-order valence-electron chi connectivity index (χ2n) is 32.5. The normalized spacial score (nSPS) is 11.8. The van der Waals surface area contributed by atoms with E-state index in [2.05, 4.69) is 19.6 Å². The fourth-order valence-electron chi connectivity index (χ4n) is 15.9. The molecule has 0 atom stereocenters. The fourth-order valence-corrected chi connectivity index (χ4v) is 15.9. The molecule has 0 aromatic carbocycles. The van der Waals surface area contributed by atoms with E-state index in [9.17, 15) is 0 Å². The molecular formula is C94H188. The molecule has 0 spiro atoms. The van der Waals surface area contributed by atoms with Crippen LogP contribution < -0.4 is 0 Å². The molecule has 564 valence electrons. The zero-order valence-corrected chi connectivity index (χ0v) is 66.6. The van der Waals surface area contributed by atoms with Gasteiger partial charge in [0.05, 0.1) is 0 Å². The molecule has 0 rings (SSSR count). The van der Waals surface area contributed by atoms with Gasteiger partial charge in [0.15, 0.2) is 0 Å². The van der Waals surface area contributed by atoms with E-state index in [1.807, 2.05) is 0 Å². The Morgan fingerprint density at radius 3 is 0.234 bits per heavy atom. The van der Waals surface area contributed by atoms with Gasteiger partial charge < -0.3 is 0 Å². The summed E-state index contributed by atoms with van der Waals surface area (Å²) in [4.78, 5) is 0. The van der Waals surface area contributed by atoms with Crippen molar-refractivity contribution in [2.45, 2.75) is 591 Å². The van der Waals surface area contributed by atoms with Crippen molar-refractivity contribution in [1.29, 1.82) is 0 Å². The first kappa shape index (κ1) is 93.7. The molecule has 0 nitrogen and oxygen atoms in total. The van der Waals surface area contributed by atoms with Gasteiger partial charge in [-0.25, -0.2) is 0 Å². The van der Waals surface area contributed by atoms with Crippen LogP contribution >= 0.6 is 0 Å². The van der Waals surface area contributed by atoms with Crippen LogP contribution in [0.2, 0.25) is 0 Å². The van der Waals surface area contributed by atoms with Crippen LogP contribution in [0.4, 0.5) is 0 Å². The van der Waals surface area contributed by atoms with E-state index >= 15 is 0 Å². The number of hydrogen-bond acceptors (Lipinski definition) is 0. The monoisotopic (exact) mass is 1320 g/mol. The minimum atomic E-state index is 1.21. The van der Waals surface area contributed by atoms with E-state index in [1.165, 1.54) is 584 Å². The molecule has 0 N–H and O–H groups in total. The molecule has 0 aliphatic heterocycles. The first-order chi connectivity index (χ1) is 46.9. The summed E-state index contributed by atoms with van der Waals surface area (Å²) in [7, 11) is 0. The van der Waals surface area contributed by atoms with Gasteiger partial charge in [-0.05, 0) is 12.8 Å². The van der Waals surface area contributed by atoms with E-state index < -0.39 is 0 Å². The Morgan fingerprint density at radius 2 is 0.170 bits per heavy atom. The van der Waals surface area contributed by atoms with E-state index in [0.29, 0.717) is 0 Å². The lowest BCUT2D eigenvalue weighted by Crippen LogP contribution is -1.85. The average molecular weight is 1320 g/mol. The molecule has 0 saturated carbocycles. The maximum absolute atomic E-state index is 3.83. The van der Waals surface area contributed by atoms with Crippen LogP contribution in [0.5, 0.6) is 0 Å². The standard InChI is InChI=1S/C94H188/c1-3-5-7-9-11-13-15-17-19-21-23-25-27-29-31-33-35-37-39-41-43-45-47-49-51-53-55-57-59-61-63-65-67-69-71-73-75-77-79-81-83-85-87-89-91-93-94-92-90-88-86-84-82-80-78-76-74-72-70-68-66-64-62-60-58-56-54-52-50-48-46-44-42-40-38-36-34-32-30-28-26-24-22-20-18-16-14-12-10-8-6-4-2/h3H,1,4-94H2,2H3.